The molecule has 2 fully saturated rings. The van der Waals surface area contributed by atoms with Crippen molar-refractivity contribution in [1.82, 2.24) is 14.3 Å². The molecule has 0 saturated carbocycles. The summed E-state index contributed by atoms with van der Waals surface area (Å²) in [4.78, 5) is 27.3. The van der Waals surface area contributed by atoms with Gasteiger partial charge in [0.05, 0.1) is 17.1 Å². The van der Waals surface area contributed by atoms with Crippen LogP contribution in [0.3, 0.4) is 0 Å². The average Bonchev–Trinajstić information content (AvgIpc) is 3.76. The number of pyridine rings is 2. The molecule has 2 aliphatic rings. The highest BCUT2D eigenvalue weighted by atomic mass is 32.2. The van der Waals surface area contributed by atoms with E-state index in [0.29, 0.717) is 43.5 Å². The molecule has 1 aromatic carbocycles. The van der Waals surface area contributed by atoms with E-state index in [1.165, 1.54) is 19.1 Å². The largest absolute Gasteiger partial charge is 0.478 e. The minimum absolute atomic E-state index is 0.00298. The second-order valence-corrected chi connectivity index (χ2v) is 14.0. The molecule has 0 N–H and O–H groups in total. The van der Waals surface area contributed by atoms with Crippen molar-refractivity contribution in [2.45, 2.75) is 43.7 Å². The molecule has 2 saturated heterocycles. The van der Waals surface area contributed by atoms with Crippen LogP contribution in [0, 0.1) is 5.92 Å². The Hall–Kier alpha value is -3.87. The number of aromatic nitrogens is 3. The number of anilines is 2. The lowest BCUT2D eigenvalue weighted by Gasteiger charge is -2.28. The van der Waals surface area contributed by atoms with Crippen LogP contribution in [-0.2, 0) is 32.5 Å². The molecule has 3 aromatic heterocycles. The van der Waals surface area contributed by atoms with Crippen molar-refractivity contribution in [2.24, 2.45) is 5.92 Å². The van der Waals surface area contributed by atoms with Gasteiger partial charge in [-0.25, -0.2) is 13.4 Å². The van der Waals surface area contributed by atoms with Gasteiger partial charge in [0.25, 0.3) is 0 Å². The van der Waals surface area contributed by atoms with Gasteiger partial charge < -0.3 is 14.4 Å². The van der Waals surface area contributed by atoms with E-state index in [2.05, 4.69) is 26.4 Å². The van der Waals surface area contributed by atoms with Crippen molar-refractivity contribution >= 4 is 38.9 Å². The van der Waals surface area contributed by atoms with Crippen molar-refractivity contribution in [3.63, 3.8) is 0 Å². The highest BCUT2D eigenvalue weighted by Gasteiger charge is 2.29. The van der Waals surface area contributed by atoms with E-state index in [1.807, 2.05) is 24.4 Å². The molecule has 44 heavy (non-hydrogen) atoms. The number of sulfone groups is 1. The Balaban J connectivity index is 1.17. The highest BCUT2D eigenvalue weighted by Crippen LogP contribution is 2.31. The van der Waals surface area contributed by atoms with E-state index in [1.54, 1.807) is 35.4 Å². The molecular weight excluding hydrogens is 599 g/mol. The molecule has 4 aromatic rings. The lowest BCUT2D eigenvalue weighted by Crippen LogP contribution is -2.38. The molecule has 0 aliphatic carbocycles. The van der Waals surface area contributed by atoms with E-state index >= 15 is 0 Å². The summed E-state index contributed by atoms with van der Waals surface area (Å²) >= 11 is 1.16. The fourth-order valence-electron chi connectivity index (χ4n) is 5.44. The van der Waals surface area contributed by atoms with E-state index in [4.69, 9.17) is 14.5 Å². The Morgan fingerprint density at radius 1 is 1.02 bits per heavy atom. The van der Waals surface area contributed by atoms with Gasteiger partial charge in [-0.1, -0.05) is 18.2 Å². The minimum Gasteiger partial charge on any atom is -0.478 e. The Morgan fingerprint density at radius 2 is 1.84 bits per heavy atom. The first-order valence-electron chi connectivity index (χ1n) is 14.8. The molecular formula is C32H35N5O5S2. The van der Waals surface area contributed by atoms with Crippen molar-refractivity contribution in [1.29, 1.82) is 0 Å². The zero-order valence-electron chi connectivity index (χ0n) is 24.6. The Bertz CT molecular complexity index is 1680. The van der Waals surface area contributed by atoms with E-state index in [-0.39, 0.29) is 23.3 Å². The van der Waals surface area contributed by atoms with Gasteiger partial charge in [0.2, 0.25) is 5.91 Å². The zero-order valence-corrected chi connectivity index (χ0v) is 26.2. The van der Waals surface area contributed by atoms with Crippen LogP contribution in [0.2, 0.25) is 0 Å². The molecule has 230 valence electrons. The fraction of sp³-hybridized carbons (Fsp3) is 0.375. The summed E-state index contributed by atoms with van der Waals surface area (Å²) in [5.74, 6) is 1.36. The number of nitrogens with zero attached hydrogens (tertiary/aromatic N) is 5. The molecule has 0 unspecified atom stereocenters. The number of hydrogen-bond donors (Lipinski definition) is 0. The summed E-state index contributed by atoms with van der Waals surface area (Å²) in [6.07, 6.45) is 8.58. The maximum Gasteiger partial charge on any atom is 0.231 e. The second-order valence-electron chi connectivity index (χ2n) is 11.2. The molecule has 0 atom stereocenters. The third kappa shape index (κ3) is 7.25. The first kappa shape index (κ1) is 30.2. The molecule has 12 heteroatoms. The summed E-state index contributed by atoms with van der Waals surface area (Å²) in [7, 11) is -3.32. The molecule has 0 spiro atoms. The first-order chi connectivity index (χ1) is 21.3. The summed E-state index contributed by atoms with van der Waals surface area (Å²) in [5.41, 5.74) is 3.37. The Labute approximate surface area is 261 Å². The van der Waals surface area contributed by atoms with Crippen LogP contribution in [0.5, 0.6) is 5.06 Å². The van der Waals surface area contributed by atoms with Crippen molar-refractivity contribution in [3.8, 4) is 16.3 Å². The maximum absolute atomic E-state index is 13.8. The van der Waals surface area contributed by atoms with Crippen LogP contribution in [0.1, 0.15) is 36.8 Å². The summed E-state index contributed by atoms with van der Waals surface area (Å²) in [6.45, 7) is 3.71. The smallest absolute Gasteiger partial charge is 0.231 e. The molecule has 5 heterocycles. The normalized spacial score (nSPS) is 15.8. The van der Waals surface area contributed by atoms with Gasteiger partial charge >= 0.3 is 0 Å². The van der Waals surface area contributed by atoms with E-state index in [0.717, 1.165) is 52.8 Å². The van der Waals surface area contributed by atoms with E-state index < -0.39 is 9.84 Å². The van der Waals surface area contributed by atoms with Crippen LogP contribution in [0.25, 0.3) is 11.3 Å². The average molecular weight is 634 g/mol. The molecule has 6 rings (SSSR count). The number of rotatable bonds is 10. The van der Waals surface area contributed by atoms with Crippen LogP contribution in [-0.4, -0.2) is 61.2 Å². The van der Waals surface area contributed by atoms with Crippen LogP contribution >= 0.6 is 11.5 Å². The van der Waals surface area contributed by atoms with Crippen LogP contribution in [0.15, 0.2) is 71.9 Å². The summed E-state index contributed by atoms with van der Waals surface area (Å²) < 4.78 is 39.9. The SMILES string of the molecule is CS(=O)(=O)c1cccc(COc2cc(N(Cc3ccc(-c4ccc(N5CCCC5)nc4)nc3)C(=O)C3CCOCC3)ns2)c1. The lowest BCUT2D eigenvalue weighted by molar-refractivity contribution is -0.125. The molecule has 2 aliphatic heterocycles. The van der Waals surface area contributed by atoms with Gasteiger partial charge in [-0.15, -0.1) is 0 Å². The maximum atomic E-state index is 13.8. The van der Waals surface area contributed by atoms with Gasteiger partial charge in [-0.2, -0.15) is 4.37 Å². The van der Waals surface area contributed by atoms with Gasteiger partial charge in [-0.3, -0.25) is 14.7 Å². The molecule has 1 amide bonds. The zero-order chi connectivity index (χ0) is 30.5. The van der Waals surface area contributed by atoms with Crippen molar-refractivity contribution in [2.75, 3.05) is 42.4 Å². The molecule has 0 bridgehead atoms. The standard InChI is InChI=1S/C32H35N5O5S2/c1-44(39,40)27-6-4-5-23(17-27)22-42-31-18-30(35-43-31)37(32(38)25-11-15-41-16-12-25)21-24-7-9-28(33-19-24)26-8-10-29(34-20-26)36-13-2-3-14-36/h4-10,17-20,25H,2-3,11-16,21-22H2,1H3. The van der Waals surface area contributed by atoms with E-state index in [9.17, 15) is 13.2 Å². The molecule has 0 radical (unpaired) electrons. The highest BCUT2D eigenvalue weighted by molar-refractivity contribution is 7.90. The van der Waals surface area contributed by atoms with Crippen LogP contribution < -0.4 is 14.5 Å². The predicted octanol–water partition coefficient (Wildman–Crippen LogP) is 5.14. The molecule has 10 nitrogen and oxygen atoms in total. The fourth-order valence-corrected chi connectivity index (χ4v) is 6.74. The Kier molecular flexibility index (Phi) is 9.20. The van der Waals surface area contributed by atoms with Crippen molar-refractivity contribution in [3.05, 3.63) is 78.1 Å². The Morgan fingerprint density at radius 3 is 2.55 bits per heavy atom. The van der Waals surface area contributed by atoms with Gasteiger partial charge in [0.15, 0.2) is 20.7 Å². The van der Waals surface area contributed by atoms with Gasteiger partial charge in [-0.05, 0) is 67.1 Å². The number of carbonyl (C=O) groups excluding carboxylic acids is 1. The quantitative estimate of drug-likeness (QED) is 0.234. The number of amides is 1. The topological polar surface area (TPSA) is 115 Å². The minimum atomic E-state index is -3.32. The van der Waals surface area contributed by atoms with Crippen molar-refractivity contribution < 1.29 is 22.7 Å². The number of ether oxygens (including phenoxy) is 2. The monoisotopic (exact) mass is 633 g/mol. The number of hydrogen-bond acceptors (Lipinski definition) is 10. The second kappa shape index (κ2) is 13.4. The number of carbonyl (C=O) groups is 1. The number of benzene rings is 1. The lowest BCUT2D eigenvalue weighted by atomic mass is 9.98. The first-order valence-corrected chi connectivity index (χ1v) is 17.4. The third-order valence-corrected chi connectivity index (χ3v) is 9.74. The van der Waals surface area contributed by atoms with Crippen LogP contribution in [0.4, 0.5) is 11.6 Å². The summed E-state index contributed by atoms with van der Waals surface area (Å²) in [6, 6.07) is 16.5. The van der Waals surface area contributed by atoms with Gasteiger partial charge in [0, 0.05) is 74.0 Å². The summed E-state index contributed by atoms with van der Waals surface area (Å²) in [5, 5.41) is 0.535. The van der Waals surface area contributed by atoms with Gasteiger partial charge in [0.1, 0.15) is 12.4 Å². The predicted molar refractivity (Wildman–Crippen MR) is 170 cm³/mol. The third-order valence-electron chi connectivity index (χ3n) is 7.94.